The number of aryl methyl sites for hydroxylation is 1. The Morgan fingerprint density at radius 2 is 1.63 bits per heavy atom. The van der Waals surface area contributed by atoms with Gasteiger partial charge in [0, 0.05) is 23.1 Å². The average Bonchev–Trinajstić information content (AvgIpc) is 3.11. The second-order valence-corrected chi connectivity index (χ2v) is 8.70. The fourth-order valence-corrected chi connectivity index (χ4v) is 5.06. The first-order valence-corrected chi connectivity index (χ1v) is 11.6. The van der Waals surface area contributed by atoms with Crippen molar-refractivity contribution in [1.82, 2.24) is 0 Å². The Labute approximate surface area is 205 Å². The third-order valence-electron chi connectivity index (χ3n) is 6.78. The second kappa shape index (κ2) is 10.3. The Morgan fingerprint density at radius 1 is 0.914 bits per heavy atom. The molecule has 0 saturated carbocycles. The topological polar surface area (TPSA) is 78.7 Å². The van der Waals surface area contributed by atoms with Crippen molar-refractivity contribution in [2.45, 2.75) is 25.4 Å². The molecule has 1 aliphatic carbocycles. The van der Waals surface area contributed by atoms with Gasteiger partial charge in [-0.05, 0) is 53.9 Å². The minimum absolute atomic E-state index is 0.0245. The molecule has 1 unspecified atom stereocenters. The van der Waals surface area contributed by atoms with Crippen LogP contribution in [0.5, 0.6) is 28.7 Å². The summed E-state index contributed by atoms with van der Waals surface area (Å²) in [5, 5.41) is 10.4. The molecular formula is C28H32NO6+. The number of phenolic OH excluding ortho intramolecular Hbond substituents is 1. The lowest BCUT2D eigenvalue weighted by Crippen LogP contribution is -3.08. The van der Waals surface area contributed by atoms with Crippen LogP contribution >= 0.6 is 0 Å². The van der Waals surface area contributed by atoms with E-state index in [1.54, 1.807) is 39.5 Å². The number of ether oxygens (including phenoxy) is 4. The Morgan fingerprint density at radius 3 is 2.29 bits per heavy atom. The van der Waals surface area contributed by atoms with Gasteiger partial charge in [-0.15, -0.1) is 0 Å². The van der Waals surface area contributed by atoms with E-state index < -0.39 is 0 Å². The van der Waals surface area contributed by atoms with Gasteiger partial charge in [0.25, 0.3) is 0 Å². The monoisotopic (exact) mass is 478 g/mol. The highest BCUT2D eigenvalue weighted by atomic mass is 16.5. The largest absolute Gasteiger partial charge is 0.507 e. The molecule has 2 N–H and O–H groups in total. The molecule has 7 heteroatoms. The Bertz CT molecular complexity index is 1290. The fraction of sp³-hybridized carbons (Fsp3) is 0.321. The summed E-state index contributed by atoms with van der Waals surface area (Å²) in [6.45, 7) is 0.598. The zero-order chi connectivity index (χ0) is 25.1. The molecule has 184 valence electrons. The van der Waals surface area contributed by atoms with Gasteiger partial charge in [-0.1, -0.05) is 12.1 Å². The Hall–Kier alpha value is -3.71. The standard InChI is InChI=1S/C28H31NO6/c1-29(16-18-8-6-7-9-22(18)30)21-12-10-17-14-25(33-3)27(34-4)28(35-5)26(17)19-11-13-24(32-2)23(31)15-20(19)21/h6-9,11,13-15,21,30H,10,12,16H2,1-5H3/p+1/t21-/m0/s1. The first-order valence-electron chi connectivity index (χ1n) is 11.6. The van der Waals surface area contributed by atoms with Crippen molar-refractivity contribution in [1.29, 1.82) is 0 Å². The van der Waals surface area contributed by atoms with Crippen molar-refractivity contribution in [2.75, 3.05) is 35.5 Å². The van der Waals surface area contributed by atoms with Crippen LogP contribution in [-0.4, -0.2) is 40.6 Å². The number of nitrogens with one attached hydrogen (secondary N) is 1. The lowest BCUT2D eigenvalue weighted by Gasteiger charge is -2.25. The van der Waals surface area contributed by atoms with E-state index in [1.165, 1.54) is 7.11 Å². The molecule has 0 saturated heterocycles. The molecule has 0 spiro atoms. The van der Waals surface area contributed by atoms with Gasteiger partial charge in [0.15, 0.2) is 17.2 Å². The molecule has 0 fully saturated rings. The van der Waals surface area contributed by atoms with Crippen molar-refractivity contribution >= 4 is 0 Å². The highest BCUT2D eigenvalue weighted by molar-refractivity contribution is 5.82. The third-order valence-corrected chi connectivity index (χ3v) is 6.78. The lowest BCUT2D eigenvalue weighted by molar-refractivity contribution is -0.926. The maximum Gasteiger partial charge on any atom is 0.220 e. The maximum absolute atomic E-state index is 13.1. The number of hydrogen-bond donors (Lipinski definition) is 2. The van der Waals surface area contributed by atoms with Gasteiger partial charge in [0.05, 0.1) is 35.5 Å². The van der Waals surface area contributed by atoms with Crippen molar-refractivity contribution < 1.29 is 29.0 Å². The summed E-state index contributed by atoms with van der Waals surface area (Å²) in [5.74, 6) is 2.22. The first kappa shape index (κ1) is 24.4. The van der Waals surface area contributed by atoms with Crippen molar-refractivity contribution in [3.05, 3.63) is 75.4 Å². The van der Waals surface area contributed by atoms with Crippen molar-refractivity contribution in [2.24, 2.45) is 0 Å². The number of rotatable bonds is 7. The van der Waals surface area contributed by atoms with E-state index in [4.69, 9.17) is 18.9 Å². The fourth-order valence-electron chi connectivity index (χ4n) is 5.06. The molecule has 4 rings (SSSR count). The summed E-state index contributed by atoms with van der Waals surface area (Å²) in [6, 6.07) is 14.6. The predicted molar refractivity (Wildman–Crippen MR) is 134 cm³/mol. The predicted octanol–water partition coefficient (Wildman–Crippen LogP) is 3.16. The van der Waals surface area contributed by atoms with Crippen LogP contribution in [0.15, 0.2) is 53.3 Å². The Kier molecular flexibility index (Phi) is 7.17. The first-order chi connectivity index (χ1) is 16.9. The minimum Gasteiger partial charge on any atom is -0.507 e. The van der Waals surface area contributed by atoms with E-state index in [9.17, 15) is 9.90 Å². The molecule has 0 bridgehead atoms. The van der Waals surface area contributed by atoms with Crippen LogP contribution in [0.1, 0.15) is 29.2 Å². The molecule has 3 aromatic carbocycles. The van der Waals surface area contributed by atoms with Crippen molar-refractivity contribution in [3.8, 4) is 39.9 Å². The molecule has 35 heavy (non-hydrogen) atoms. The summed E-state index contributed by atoms with van der Waals surface area (Å²) in [7, 11) is 8.39. The lowest BCUT2D eigenvalue weighted by atomic mass is 9.95. The summed E-state index contributed by atoms with van der Waals surface area (Å²) < 4.78 is 22.5. The molecular weight excluding hydrogens is 446 g/mol. The van der Waals surface area contributed by atoms with E-state index in [-0.39, 0.29) is 23.0 Å². The Balaban J connectivity index is 1.96. The summed E-state index contributed by atoms with van der Waals surface area (Å²) in [4.78, 5) is 14.2. The number of para-hydroxylation sites is 1. The molecule has 0 amide bonds. The van der Waals surface area contributed by atoms with Gasteiger partial charge in [-0.2, -0.15) is 0 Å². The average molecular weight is 479 g/mol. The molecule has 2 atom stereocenters. The number of methoxy groups -OCH3 is 4. The van der Waals surface area contributed by atoms with Gasteiger partial charge in [-0.25, -0.2) is 0 Å². The highest BCUT2D eigenvalue weighted by Crippen LogP contribution is 2.49. The zero-order valence-corrected chi connectivity index (χ0v) is 20.8. The minimum atomic E-state index is -0.183. The van der Waals surface area contributed by atoms with Crippen LogP contribution in [0.2, 0.25) is 0 Å². The van der Waals surface area contributed by atoms with E-state index in [0.717, 1.165) is 45.6 Å². The van der Waals surface area contributed by atoms with Crippen LogP contribution in [0.4, 0.5) is 0 Å². The number of phenols is 1. The molecule has 1 aliphatic rings. The van der Waals surface area contributed by atoms with Gasteiger partial charge >= 0.3 is 0 Å². The summed E-state index contributed by atoms with van der Waals surface area (Å²) in [5.41, 5.74) is 4.39. The van der Waals surface area contributed by atoms with Crippen LogP contribution in [0.25, 0.3) is 11.1 Å². The molecule has 0 heterocycles. The van der Waals surface area contributed by atoms with Crippen molar-refractivity contribution in [3.63, 3.8) is 0 Å². The summed E-state index contributed by atoms with van der Waals surface area (Å²) in [6.07, 6.45) is 1.53. The molecule has 0 aliphatic heterocycles. The van der Waals surface area contributed by atoms with E-state index in [0.29, 0.717) is 23.8 Å². The van der Waals surface area contributed by atoms with Crippen LogP contribution in [0.3, 0.4) is 0 Å². The smallest absolute Gasteiger partial charge is 0.220 e. The summed E-state index contributed by atoms with van der Waals surface area (Å²) >= 11 is 0. The molecule has 0 aromatic heterocycles. The molecule has 3 aromatic rings. The van der Waals surface area contributed by atoms with Gasteiger partial charge in [0.2, 0.25) is 11.2 Å². The van der Waals surface area contributed by atoms with Gasteiger partial charge in [-0.3, -0.25) is 4.79 Å². The molecule has 0 radical (unpaired) electrons. The third kappa shape index (κ3) is 4.51. The zero-order valence-electron chi connectivity index (χ0n) is 20.8. The van der Waals surface area contributed by atoms with Gasteiger partial charge < -0.3 is 29.0 Å². The number of benzene rings is 2. The van der Waals surface area contributed by atoms with E-state index in [2.05, 4.69) is 7.05 Å². The normalized spacial score (nSPS) is 15.3. The second-order valence-electron chi connectivity index (χ2n) is 8.70. The number of quaternary nitrogens is 1. The SMILES string of the molecule is COc1cc2c(c(OC)c1OC)-c1ccc(OC)c(=O)cc1[C@@H]([NH+](C)Cc1ccccc1O)CC2. The molecule has 7 nitrogen and oxygen atoms in total. The van der Waals surface area contributed by atoms with Crippen LogP contribution in [-0.2, 0) is 13.0 Å². The van der Waals surface area contributed by atoms with E-state index >= 15 is 0 Å². The maximum atomic E-state index is 13.1. The highest BCUT2D eigenvalue weighted by Gasteiger charge is 2.32. The quantitative estimate of drug-likeness (QED) is 0.543. The van der Waals surface area contributed by atoms with Gasteiger partial charge in [0.1, 0.15) is 18.3 Å². The number of fused-ring (bicyclic) bond motifs is 3. The van der Waals surface area contributed by atoms with Crippen LogP contribution in [0, 0.1) is 0 Å². The van der Waals surface area contributed by atoms with E-state index in [1.807, 2.05) is 30.3 Å². The number of aromatic hydroxyl groups is 1. The number of hydrogen-bond acceptors (Lipinski definition) is 6. The van der Waals surface area contributed by atoms with Crippen LogP contribution < -0.4 is 29.3 Å².